The first-order valence-electron chi connectivity index (χ1n) is 18.9. The molecule has 2 aromatic heterocycles. The van der Waals surface area contributed by atoms with Crippen molar-refractivity contribution < 1.29 is 19.0 Å². The average molecular weight is 717 g/mol. The summed E-state index contributed by atoms with van der Waals surface area (Å²) in [5, 5.41) is 6.14. The minimum Gasteiger partial charge on any atom is -0.473 e. The first kappa shape index (κ1) is 36.3. The van der Waals surface area contributed by atoms with E-state index in [-0.39, 0.29) is 6.09 Å². The smallest absolute Gasteiger partial charge is 0.410 e. The Balaban J connectivity index is 1.06. The average Bonchev–Trinajstić information content (AvgIpc) is 3.52. The summed E-state index contributed by atoms with van der Waals surface area (Å²) in [6.45, 7) is 14.3. The minimum absolute atomic E-state index is 0.193. The molecule has 0 bridgehead atoms. The Morgan fingerprint density at radius 1 is 0.792 bits per heavy atom. The van der Waals surface area contributed by atoms with Crippen LogP contribution in [0.4, 0.5) is 10.5 Å². The van der Waals surface area contributed by atoms with Gasteiger partial charge in [0.15, 0.2) is 0 Å². The molecule has 0 N–H and O–H groups in total. The van der Waals surface area contributed by atoms with E-state index in [2.05, 4.69) is 34.9 Å². The molecule has 0 saturated carbocycles. The Kier molecular flexibility index (Phi) is 10.9. The highest BCUT2D eigenvalue weighted by atomic mass is 16.6. The van der Waals surface area contributed by atoms with Gasteiger partial charge in [-0.15, -0.1) is 0 Å². The molecule has 0 unspecified atom stereocenters. The Morgan fingerprint density at radius 3 is 2.08 bits per heavy atom. The molecule has 0 spiro atoms. The minimum atomic E-state index is -0.469. The van der Waals surface area contributed by atoms with E-state index in [0.717, 1.165) is 85.4 Å². The highest BCUT2D eigenvalue weighted by molar-refractivity contribution is 6.01. The normalized spacial score (nSPS) is 16.5. The van der Waals surface area contributed by atoms with Crippen molar-refractivity contribution in [3.8, 4) is 23.0 Å². The van der Waals surface area contributed by atoms with E-state index in [0.29, 0.717) is 36.9 Å². The van der Waals surface area contributed by atoms with E-state index in [9.17, 15) is 4.79 Å². The SMILES string of the molecule is C[C@H](C1CCN(C(=O)OC(C)(C)C)CC1)N1CCN(c2cccc3c(-c4ccc(OCc5ccccc5)nc4OCc4ccccc4)nn(C)c23)CC1. The zero-order chi connectivity index (χ0) is 37.0. The summed E-state index contributed by atoms with van der Waals surface area (Å²) in [6, 6.07) is 31.1. The lowest BCUT2D eigenvalue weighted by Crippen LogP contribution is -2.53. The van der Waals surface area contributed by atoms with E-state index in [4.69, 9.17) is 24.3 Å². The van der Waals surface area contributed by atoms with E-state index in [1.54, 1.807) is 0 Å². The van der Waals surface area contributed by atoms with Crippen molar-refractivity contribution in [3.63, 3.8) is 0 Å². The van der Waals surface area contributed by atoms with Gasteiger partial charge in [-0.25, -0.2) is 4.79 Å². The quantitative estimate of drug-likeness (QED) is 0.144. The van der Waals surface area contributed by atoms with Crippen molar-refractivity contribution in [1.29, 1.82) is 0 Å². The number of aryl methyl sites for hydroxylation is 1. The molecule has 0 aliphatic carbocycles. The molecule has 2 fully saturated rings. The Hall–Kier alpha value is -5.09. The molecular formula is C43H52N6O4. The van der Waals surface area contributed by atoms with Gasteiger partial charge in [-0.05, 0) is 69.7 Å². The number of piperidine rings is 1. The number of nitrogens with zero attached hydrogens (tertiary/aromatic N) is 6. The number of benzene rings is 3. The summed E-state index contributed by atoms with van der Waals surface area (Å²) in [7, 11) is 2.02. The zero-order valence-corrected chi connectivity index (χ0v) is 31.7. The van der Waals surface area contributed by atoms with Crippen LogP contribution in [0.3, 0.4) is 0 Å². The van der Waals surface area contributed by atoms with Gasteiger partial charge in [0.2, 0.25) is 11.8 Å². The standard InChI is InChI=1S/C43H52N6O4/c1-31(34-21-23-49(24-22-34)42(50)53-43(2,3)4)47-25-27-48(28-26-47)37-18-12-17-35-39(45-46(5)40(35)37)36-19-20-38(51-29-32-13-8-6-9-14-32)44-41(36)52-30-33-15-10-7-11-16-33/h6-20,31,34H,21-30H2,1-5H3/t31-/m1/s1. The number of amides is 1. The van der Waals surface area contributed by atoms with E-state index < -0.39 is 5.60 Å². The summed E-state index contributed by atoms with van der Waals surface area (Å²) in [5.74, 6) is 1.55. The fourth-order valence-electron chi connectivity index (χ4n) is 7.58. The number of ether oxygens (including phenoxy) is 3. The van der Waals surface area contributed by atoms with Crippen molar-refractivity contribution in [2.45, 2.75) is 65.4 Å². The first-order chi connectivity index (χ1) is 25.6. The third-order valence-electron chi connectivity index (χ3n) is 10.5. The van der Waals surface area contributed by atoms with Crippen molar-refractivity contribution in [2.75, 3.05) is 44.2 Å². The first-order valence-corrected chi connectivity index (χ1v) is 18.9. The Bertz CT molecular complexity index is 1980. The van der Waals surface area contributed by atoms with Crippen LogP contribution in [0.2, 0.25) is 0 Å². The largest absolute Gasteiger partial charge is 0.473 e. The molecule has 4 heterocycles. The molecule has 0 radical (unpaired) electrons. The van der Waals surface area contributed by atoms with Crippen LogP contribution in [0.15, 0.2) is 91.0 Å². The second kappa shape index (κ2) is 15.9. The van der Waals surface area contributed by atoms with E-state index >= 15 is 0 Å². The number of likely N-dealkylation sites (tertiary alicyclic amines) is 1. The highest BCUT2D eigenvalue weighted by Crippen LogP contribution is 2.38. The monoisotopic (exact) mass is 716 g/mol. The van der Waals surface area contributed by atoms with Crippen LogP contribution in [0.5, 0.6) is 11.8 Å². The van der Waals surface area contributed by atoms with Crippen molar-refractivity contribution in [3.05, 3.63) is 102 Å². The molecule has 1 atom stereocenters. The lowest BCUT2D eigenvalue weighted by molar-refractivity contribution is 0.0133. The number of hydrogen-bond acceptors (Lipinski definition) is 8. The van der Waals surface area contributed by atoms with Gasteiger partial charge in [0.25, 0.3) is 0 Å². The molecule has 2 saturated heterocycles. The number of fused-ring (bicyclic) bond motifs is 1. The number of carbonyl (C=O) groups excluding carboxylic acids is 1. The summed E-state index contributed by atoms with van der Waals surface area (Å²) in [5.41, 5.74) is 5.60. The molecular weight excluding hydrogens is 665 g/mol. The molecule has 3 aromatic carbocycles. The third-order valence-corrected chi connectivity index (χ3v) is 10.5. The Morgan fingerprint density at radius 2 is 1.43 bits per heavy atom. The maximum Gasteiger partial charge on any atom is 0.410 e. The second-order valence-corrected chi connectivity index (χ2v) is 15.3. The molecule has 53 heavy (non-hydrogen) atoms. The summed E-state index contributed by atoms with van der Waals surface area (Å²) in [4.78, 5) is 24.5. The highest BCUT2D eigenvalue weighted by Gasteiger charge is 2.33. The molecule has 10 nitrogen and oxygen atoms in total. The van der Waals surface area contributed by atoms with Gasteiger partial charge >= 0.3 is 6.09 Å². The van der Waals surface area contributed by atoms with Crippen LogP contribution >= 0.6 is 0 Å². The topological polar surface area (TPSA) is 85.2 Å². The van der Waals surface area contributed by atoms with Gasteiger partial charge in [0, 0.05) is 63.8 Å². The second-order valence-electron chi connectivity index (χ2n) is 15.3. The van der Waals surface area contributed by atoms with Crippen LogP contribution in [-0.2, 0) is 25.0 Å². The summed E-state index contributed by atoms with van der Waals surface area (Å²) in [6.07, 6.45) is 1.81. The number of anilines is 1. The number of pyridine rings is 1. The van der Waals surface area contributed by atoms with Crippen molar-refractivity contribution in [2.24, 2.45) is 13.0 Å². The molecule has 1 amide bonds. The summed E-state index contributed by atoms with van der Waals surface area (Å²) >= 11 is 0. The zero-order valence-electron chi connectivity index (χ0n) is 31.7. The van der Waals surface area contributed by atoms with Crippen LogP contribution in [0.1, 0.15) is 51.7 Å². The van der Waals surface area contributed by atoms with Crippen molar-refractivity contribution in [1.82, 2.24) is 24.6 Å². The van der Waals surface area contributed by atoms with Gasteiger partial charge in [0.1, 0.15) is 24.5 Å². The number of hydrogen-bond donors (Lipinski definition) is 0. The predicted molar refractivity (Wildman–Crippen MR) is 209 cm³/mol. The Labute approximate surface area is 313 Å². The number of carbonyl (C=O) groups is 1. The van der Waals surface area contributed by atoms with Gasteiger partial charge in [-0.3, -0.25) is 9.58 Å². The van der Waals surface area contributed by atoms with Crippen LogP contribution < -0.4 is 14.4 Å². The molecule has 2 aliphatic heterocycles. The van der Waals surface area contributed by atoms with E-state index in [1.165, 1.54) is 5.69 Å². The van der Waals surface area contributed by atoms with Crippen LogP contribution in [0, 0.1) is 5.92 Å². The number of para-hydroxylation sites is 1. The van der Waals surface area contributed by atoms with Gasteiger partial charge in [-0.2, -0.15) is 10.1 Å². The fourth-order valence-corrected chi connectivity index (χ4v) is 7.58. The molecule has 278 valence electrons. The lowest BCUT2D eigenvalue weighted by Gasteiger charge is -2.44. The lowest BCUT2D eigenvalue weighted by atomic mass is 9.89. The van der Waals surface area contributed by atoms with Crippen molar-refractivity contribution >= 4 is 22.7 Å². The number of aromatic nitrogens is 3. The van der Waals surface area contributed by atoms with E-state index in [1.807, 2.05) is 110 Å². The third kappa shape index (κ3) is 8.60. The van der Waals surface area contributed by atoms with Gasteiger partial charge in [0.05, 0.1) is 16.8 Å². The van der Waals surface area contributed by atoms with Crippen LogP contribution in [-0.4, -0.2) is 81.6 Å². The van der Waals surface area contributed by atoms with Gasteiger partial charge < -0.3 is 24.0 Å². The molecule has 2 aliphatic rings. The fraction of sp³-hybridized carbons (Fsp3) is 0.419. The number of piperazine rings is 1. The summed E-state index contributed by atoms with van der Waals surface area (Å²) < 4.78 is 20.1. The molecule has 5 aromatic rings. The van der Waals surface area contributed by atoms with Crippen LogP contribution in [0.25, 0.3) is 22.2 Å². The van der Waals surface area contributed by atoms with Gasteiger partial charge in [-0.1, -0.05) is 72.8 Å². The maximum absolute atomic E-state index is 12.6. The molecule has 7 rings (SSSR count). The number of rotatable bonds is 10. The molecule has 10 heteroatoms. The maximum atomic E-state index is 12.6. The predicted octanol–water partition coefficient (Wildman–Crippen LogP) is 7.95.